The van der Waals surface area contributed by atoms with Crippen LogP contribution >= 0.6 is 0 Å². The number of rotatable bonds is 5. The van der Waals surface area contributed by atoms with Crippen molar-refractivity contribution in [1.29, 1.82) is 0 Å². The second-order valence-corrected chi connectivity index (χ2v) is 6.27. The summed E-state index contributed by atoms with van der Waals surface area (Å²) in [4.78, 5) is 14.6. The normalized spacial score (nSPS) is 19.9. The van der Waals surface area contributed by atoms with Crippen molar-refractivity contribution in [3.8, 4) is 0 Å². The first-order valence-corrected chi connectivity index (χ1v) is 8.07. The van der Waals surface area contributed by atoms with Crippen LogP contribution < -0.4 is 5.56 Å². The van der Waals surface area contributed by atoms with Crippen LogP contribution in [0.3, 0.4) is 0 Å². The predicted molar refractivity (Wildman–Crippen MR) is 81.6 cm³/mol. The summed E-state index contributed by atoms with van der Waals surface area (Å²) in [5.74, 6) is 0.577. The smallest absolute Gasteiger partial charge is 0.267 e. The Labute approximate surface area is 125 Å². The molecule has 1 aliphatic heterocycles. The van der Waals surface area contributed by atoms with Crippen LogP contribution in [0, 0.1) is 5.92 Å². The summed E-state index contributed by atoms with van der Waals surface area (Å²) in [6, 6.07) is 1.81. The van der Waals surface area contributed by atoms with E-state index in [2.05, 4.69) is 10.00 Å². The van der Waals surface area contributed by atoms with E-state index >= 15 is 0 Å². The molecule has 2 heterocycles. The van der Waals surface area contributed by atoms with Gasteiger partial charge >= 0.3 is 0 Å². The summed E-state index contributed by atoms with van der Waals surface area (Å²) in [7, 11) is 1.75. The molecule has 0 N–H and O–H groups in total. The lowest BCUT2D eigenvalue weighted by atomic mass is 9.97. The molecule has 0 amide bonds. The molecule has 0 saturated carbocycles. The Morgan fingerprint density at radius 3 is 2.90 bits per heavy atom. The van der Waals surface area contributed by atoms with E-state index in [1.807, 2.05) is 6.07 Å². The molecule has 21 heavy (non-hydrogen) atoms. The Kier molecular flexibility index (Phi) is 4.70. The molecule has 0 bridgehead atoms. The van der Waals surface area contributed by atoms with E-state index in [4.69, 9.17) is 4.74 Å². The second kappa shape index (κ2) is 6.71. The molecule has 1 aromatic heterocycles. The number of aromatic nitrogens is 2. The third kappa shape index (κ3) is 3.52. The summed E-state index contributed by atoms with van der Waals surface area (Å²) >= 11 is 0. The Hall–Kier alpha value is -1.20. The maximum atomic E-state index is 12.1. The zero-order valence-electron chi connectivity index (χ0n) is 12.9. The molecule has 0 radical (unpaired) electrons. The van der Waals surface area contributed by atoms with Crippen molar-refractivity contribution in [3.63, 3.8) is 0 Å². The first-order valence-electron chi connectivity index (χ1n) is 8.07. The fourth-order valence-corrected chi connectivity index (χ4v) is 3.43. The Morgan fingerprint density at radius 2 is 2.14 bits per heavy atom. The van der Waals surface area contributed by atoms with Crippen molar-refractivity contribution in [2.24, 2.45) is 5.92 Å². The summed E-state index contributed by atoms with van der Waals surface area (Å²) in [6.45, 7) is 4.81. The number of methoxy groups -OCH3 is 1. The highest BCUT2D eigenvalue weighted by molar-refractivity contribution is 5.22. The standard InChI is InChI=1S/C16H25N3O2/c1-21-10-9-18-7-5-13(6-8-18)12-19-16(20)11-14-3-2-4-15(14)17-19/h11,13H,2-10,12H2,1H3. The van der Waals surface area contributed by atoms with Gasteiger partial charge in [-0.05, 0) is 56.7 Å². The number of ether oxygens (including phenoxy) is 1. The molecule has 5 heteroatoms. The predicted octanol–water partition coefficient (Wildman–Crippen LogP) is 1.09. The van der Waals surface area contributed by atoms with Gasteiger partial charge in [0.1, 0.15) is 0 Å². The van der Waals surface area contributed by atoms with Crippen molar-refractivity contribution in [2.45, 2.75) is 38.6 Å². The lowest BCUT2D eigenvalue weighted by Crippen LogP contribution is -2.38. The number of aryl methyl sites for hydroxylation is 2. The van der Waals surface area contributed by atoms with E-state index in [9.17, 15) is 4.79 Å². The summed E-state index contributed by atoms with van der Waals surface area (Å²) in [5, 5.41) is 4.59. The second-order valence-electron chi connectivity index (χ2n) is 6.27. The Balaban J connectivity index is 1.57. The Bertz CT molecular complexity index is 533. The van der Waals surface area contributed by atoms with Crippen LogP contribution in [0.5, 0.6) is 0 Å². The molecule has 0 atom stereocenters. The fourth-order valence-electron chi connectivity index (χ4n) is 3.43. The van der Waals surface area contributed by atoms with Gasteiger partial charge in [-0.15, -0.1) is 0 Å². The molecule has 0 aromatic carbocycles. The number of nitrogens with zero attached hydrogens (tertiary/aromatic N) is 3. The van der Waals surface area contributed by atoms with Crippen molar-refractivity contribution in [3.05, 3.63) is 27.7 Å². The number of piperidine rings is 1. The quantitative estimate of drug-likeness (QED) is 0.815. The van der Waals surface area contributed by atoms with Gasteiger partial charge in [-0.2, -0.15) is 5.10 Å². The zero-order valence-corrected chi connectivity index (χ0v) is 12.9. The average Bonchev–Trinajstić information content (AvgIpc) is 2.94. The first-order chi connectivity index (χ1) is 10.3. The minimum Gasteiger partial charge on any atom is -0.383 e. The molecular weight excluding hydrogens is 266 g/mol. The molecule has 3 rings (SSSR count). The van der Waals surface area contributed by atoms with Gasteiger partial charge in [-0.1, -0.05) is 0 Å². The van der Waals surface area contributed by atoms with Crippen molar-refractivity contribution in [2.75, 3.05) is 33.4 Å². The van der Waals surface area contributed by atoms with E-state index < -0.39 is 0 Å². The van der Waals surface area contributed by atoms with Crippen LogP contribution in [0.2, 0.25) is 0 Å². The van der Waals surface area contributed by atoms with E-state index in [-0.39, 0.29) is 5.56 Å². The van der Waals surface area contributed by atoms with E-state index in [0.29, 0.717) is 5.92 Å². The highest BCUT2D eigenvalue weighted by Gasteiger charge is 2.21. The van der Waals surface area contributed by atoms with E-state index in [1.54, 1.807) is 11.8 Å². The minimum absolute atomic E-state index is 0.0810. The van der Waals surface area contributed by atoms with Gasteiger partial charge in [0, 0.05) is 26.3 Å². The van der Waals surface area contributed by atoms with Crippen LogP contribution in [0.25, 0.3) is 0 Å². The monoisotopic (exact) mass is 291 g/mol. The number of likely N-dealkylation sites (tertiary alicyclic amines) is 1. The third-order valence-corrected chi connectivity index (χ3v) is 4.77. The summed E-state index contributed by atoms with van der Waals surface area (Å²) in [5.41, 5.74) is 2.40. The lowest BCUT2D eigenvalue weighted by Gasteiger charge is -2.31. The molecule has 1 fully saturated rings. The van der Waals surface area contributed by atoms with Gasteiger partial charge in [-0.25, -0.2) is 4.68 Å². The van der Waals surface area contributed by atoms with E-state index in [0.717, 1.165) is 70.6 Å². The first kappa shape index (κ1) is 14.7. The van der Waals surface area contributed by atoms with Crippen LogP contribution in [-0.2, 0) is 24.1 Å². The van der Waals surface area contributed by atoms with Crippen molar-refractivity contribution < 1.29 is 4.74 Å². The fraction of sp³-hybridized carbons (Fsp3) is 0.750. The van der Waals surface area contributed by atoms with Crippen molar-refractivity contribution in [1.82, 2.24) is 14.7 Å². The SMILES string of the molecule is COCCN1CCC(Cn2nc3c(cc2=O)CCC3)CC1. The molecule has 5 nitrogen and oxygen atoms in total. The van der Waals surface area contributed by atoms with Crippen LogP contribution in [0.4, 0.5) is 0 Å². The molecule has 0 unspecified atom stereocenters. The summed E-state index contributed by atoms with van der Waals surface area (Å²) in [6.07, 6.45) is 5.49. The van der Waals surface area contributed by atoms with Gasteiger partial charge in [-0.3, -0.25) is 4.79 Å². The highest BCUT2D eigenvalue weighted by Crippen LogP contribution is 2.20. The molecule has 1 aliphatic carbocycles. The Morgan fingerprint density at radius 1 is 1.33 bits per heavy atom. The van der Waals surface area contributed by atoms with Crippen LogP contribution in [0.15, 0.2) is 10.9 Å². The molecule has 2 aliphatic rings. The minimum atomic E-state index is 0.0810. The van der Waals surface area contributed by atoms with Gasteiger partial charge in [0.05, 0.1) is 12.3 Å². The topological polar surface area (TPSA) is 47.4 Å². The number of hydrogen-bond donors (Lipinski definition) is 0. The maximum Gasteiger partial charge on any atom is 0.267 e. The molecule has 1 aromatic rings. The largest absolute Gasteiger partial charge is 0.383 e. The summed E-state index contributed by atoms with van der Waals surface area (Å²) < 4.78 is 6.84. The molecule has 0 spiro atoms. The van der Waals surface area contributed by atoms with Gasteiger partial charge in [0.25, 0.3) is 5.56 Å². The van der Waals surface area contributed by atoms with Gasteiger partial charge in [0.2, 0.25) is 0 Å². The highest BCUT2D eigenvalue weighted by atomic mass is 16.5. The van der Waals surface area contributed by atoms with Gasteiger partial charge in [0.15, 0.2) is 0 Å². The third-order valence-electron chi connectivity index (χ3n) is 4.77. The van der Waals surface area contributed by atoms with Crippen LogP contribution in [0.1, 0.15) is 30.5 Å². The number of hydrogen-bond acceptors (Lipinski definition) is 4. The molecule has 116 valence electrons. The zero-order chi connectivity index (χ0) is 14.7. The van der Waals surface area contributed by atoms with Crippen LogP contribution in [-0.4, -0.2) is 48.0 Å². The van der Waals surface area contributed by atoms with Gasteiger partial charge < -0.3 is 9.64 Å². The maximum absolute atomic E-state index is 12.1. The molecular formula is C16H25N3O2. The molecule has 1 saturated heterocycles. The average molecular weight is 291 g/mol. The lowest BCUT2D eigenvalue weighted by molar-refractivity contribution is 0.115. The number of fused-ring (bicyclic) bond motifs is 1. The van der Waals surface area contributed by atoms with E-state index in [1.165, 1.54) is 5.56 Å². The van der Waals surface area contributed by atoms with Crippen molar-refractivity contribution >= 4 is 0 Å².